The molecular formula is C12H18O4. The SMILES string of the molecule is COc1ccc(OCC(C)OC)c(CO)c1. The number of aliphatic hydroxyl groups excluding tert-OH is 1. The first-order valence-corrected chi connectivity index (χ1v) is 5.14. The van der Waals surface area contributed by atoms with Gasteiger partial charge in [-0.25, -0.2) is 0 Å². The van der Waals surface area contributed by atoms with Crippen molar-refractivity contribution in [1.82, 2.24) is 0 Å². The van der Waals surface area contributed by atoms with E-state index in [1.807, 2.05) is 6.92 Å². The van der Waals surface area contributed by atoms with Gasteiger partial charge in [-0.2, -0.15) is 0 Å². The van der Waals surface area contributed by atoms with Crippen LogP contribution in [0.1, 0.15) is 12.5 Å². The van der Waals surface area contributed by atoms with Crippen molar-refractivity contribution in [3.8, 4) is 11.5 Å². The van der Waals surface area contributed by atoms with Crippen molar-refractivity contribution in [3.63, 3.8) is 0 Å². The first-order valence-electron chi connectivity index (χ1n) is 5.14. The summed E-state index contributed by atoms with van der Waals surface area (Å²) in [7, 11) is 3.22. The smallest absolute Gasteiger partial charge is 0.125 e. The molecule has 0 aromatic heterocycles. The van der Waals surface area contributed by atoms with Crippen LogP contribution in [0.25, 0.3) is 0 Å². The summed E-state index contributed by atoms with van der Waals surface area (Å²) < 4.78 is 15.7. The summed E-state index contributed by atoms with van der Waals surface area (Å²) in [5.74, 6) is 1.36. The Labute approximate surface area is 95.8 Å². The highest BCUT2D eigenvalue weighted by Gasteiger charge is 2.07. The van der Waals surface area contributed by atoms with Gasteiger partial charge in [0.05, 0.1) is 19.8 Å². The average molecular weight is 226 g/mol. The van der Waals surface area contributed by atoms with Gasteiger partial charge in [-0.05, 0) is 25.1 Å². The Balaban J connectivity index is 2.71. The summed E-state index contributed by atoms with van der Waals surface area (Å²) >= 11 is 0. The number of benzene rings is 1. The predicted molar refractivity (Wildman–Crippen MR) is 60.9 cm³/mol. The third-order valence-corrected chi connectivity index (χ3v) is 2.31. The molecular weight excluding hydrogens is 208 g/mol. The van der Waals surface area contributed by atoms with Crippen molar-refractivity contribution in [2.24, 2.45) is 0 Å². The summed E-state index contributed by atoms with van der Waals surface area (Å²) in [5, 5.41) is 9.19. The maximum absolute atomic E-state index is 9.19. The zero-order chi connectivity index (χ0) is 12.0. The molecule has 1 rings (SSSR count). The molecule has 0 bridgehead atoms. The zero-order valence-corrected chi connectivity index (χ0v) is 9.90. The lowest BCUT2D eigenvalue weighted by molar-refractivity contribution is 0.0707. The minimum Gasteiger partial charge on any atom is -0.497 e. The van der Waals surface area contributed by atoms with Crippen molar-refractivity contribution in [2.45, 2.75) is 19.6 Å². The first-order chi connectivity index (χ1) is 7.71. The maximum atomic E-state index is 9.19. The molecule has 1 atom stereocenters. The number of ether oxygens (including phenoxy) is 3. The van der Waals surface area contributed by atoms with Crippen LogP contribution in [0.2, 0.25) is 0 Å². The molecule has 0 fully saturated rings. The summed E-state index contributed by atoms with van der Waals surface area (Å²) in [6, 6.07) is 5.34. The lowest BCUT2D eigenvalue weighted by Gasteiger charge is -2.14. The van der Waals surface area contributed by atoms with Crippen LogP contribution >= 0.6 is 0 Å². The molecule has 0 aliphatic rings. The Bertz CT molecular complexity index is 325. The Morgan fingerprint density at radius 1 is 1.31 bits per heavy atom. The normalized spacial score (nSPS) is 12.2. The third-order valence-electron chi connectivity index (χ3n) is 2.31. The minimum absolute atomic E-state index is 0.0219. The first kappa shape index (κ1) is 12.8. The van der Waals surface area contributed by atoms with Gasteiger partial charge in [-0.3, -0.25) is 0 Å². The molecule has 4 heteroatoms. The predicted octanol–water partition coefficient (Wildman–Crippen LogP) is 1.60. The largest absolute Gasteiger partial charge is 0.497 e. The van der Waals surface area contributed by atoms with Gasteiger partial charge in [-0.1, -0.05) is 0 Å². The number of aliphatic hydroxyl groups is 1. The molecule has 0 amide bonds. The molecule has 0 aliphatic heterocycles. The molecule has 1 aromatic rings. The fraction of sp³-hybridized carbons (Fsp3) is 0.500. The van der Waals surface area contributed by atoms with Crippen LogP contribution in [0.4, 0.5) is 0 Å². The van der Waals surface area contributed by atoms with E-state index in [4.69, 9.17) is 14.2 Å². The lowest BCUT2D eigenvalue weighted by atomic mass is 10.2. The molecule has 90 valence electrons. The lowest BCUT2D eigenvalue weighted by Crippen LogP contribution is -2.16. The second kappa shape index (κ2) is 6.35. The van der Waals surface area contributed by atoms with Crippen LogP contribution in [-0.2, 0) is 11.3 Å². The summed E-state index contributed by atoms with van der Waals surface area (Å²) in [5.41, 5.74) is 0.711. The van der Waals surface area contributed by atoms with Crippen molar-refractivity contribution in [3.05, 3.63) is 23.8 Å². The van der Waals surface area contributed by atoms with Gasteiger partial charge in [0.15, 0.2) is 0 Å². The molecule has 1 unspecified atom stereocenters. The van der Waals surface area contributed by atoms with Crippen molar-refractivity contribution in [1.29, 1.82) is 0 Å². The second-order valence-corrected chi connectivity index (χ2v) is 3.49. The summed E-state index contributed by atoms with van der Waals surface area (Å²) in [6.45, 7) is 2.30. The number of rotatable bonds is 6. The van der Waals surface area contributed by atoms with Crippen LogP contribution in [0.15, 0.2) is 18.2 Å². The summed E-state index contributed by atoms with van der Waals surface area (Å²) in [4.78, 5) is 0. The van der Waals surface area contributed by atoms with E-state index in [0.29, 0.717) is 23.7 Å². The second-order valence-electron chi connectivity index (χ2n) is 3.49. The van der Waals surface area contributed by atoms with E-state index < -0.39 is 0 Å². The van der Waals surface area contributed by atoms with Gasteiger partial charge >= 0.3 is 0 Å². The molecule has 1 N–H and O–H groups in total. The monoisotopic (exact) mass is 226 g/mol. The standard InChI is InChI=1S/C12H18O4/c1-9(14-2)8-16-12-5-4-11(15-3)6-10(12)7-13/h4-6,9,13H,7-8H2,1-3H3. The summed E-state index contributed by atoms with van der Waals surface area (Å²) in [6.07, 6.45) is 0.0219. The van der Waals surface area contributed by atoms with Gasteiger partial charge in [0.25, 0.3) is 0 Å². The van der Waals surface area contributed by atoms with Gasteiger partial charge in [0.1, 0.15) is 18.1 Å². The number of methoxy groups -OCH3 is 2. The molecule has 0 saturated heterocycles. The fourth-order valence-electron chi connectivity index (χ4n) is 1.22. The van der Waals surface area contributed by atoms with Crippen LogP contribution in [0.3, 0.4) is 0 Å². The van der Waals surface area contributed by atoms with Crippen LogP contribution < -0.4 is 9.47 Å². The van der Waals surface area contributed by atoms with Crippen molar-refractivity contribution >= 4 is 0 Å². The maximum Gasteiger partial charge on any atom is 0.125 e. The van der Waals surface area contributed by atoms with E-state index in [1.165, 1.54) is 0 Å². The Morgan fingerprint density at radius 3 is 2.62 bits per heavy atom. The minimum atomic E-state index is -0.0755. The third kappa shape index (κ3) is 3.40. The molecule has 16 heavy (non-hydrogen) atoms. The van der Waals surface area contributed by atoms with Crippen LogP contribution in [-0.4, -0.2) is 32.0 Å². The van der Waals surface area contributed by atoms with E-state index in [-0.39, 0.29) is 12.7 Å². The zero-order valence-electron chi connectivity index (χ0n) is 9.90. The molecule has 4 nitrogen and oxygen atoms in total. The number of hydrogen-bond donors (Lipinski definition) is 1. The Morgan fingerprint density at radius 2 is 2.06 bits per heavy atom. The molecule has 0 radical (unpaired) electrons. The van der Waals surface area contributed by atoms with E-state index in [9.17, 15) is 5.11 Å². The highest BCUT2D eigenvalue weighted by atomic mass is 16.5. The molecule has 0 spiro atoms. The molecule has 0 aliphatic carbocycles. The topological polar surface area (TPSA) is 47.9 Å². The van der Waals surface area contributed by atoms with E-state index in [2.05, 4.69) is 0 Å². The van der Waals surface area contributed by atoms with Gasteiger partial charge in [0.2, 0.25) is 0 Å². The Kier molecular flexibility index (Phi) is 5.08. The fourth-order valence-corrected chi connectivity index (χ4v) is 1.22. The molecule has 1 aromatic carbocycles. The van der Waals surface area contributed by atoms with Gasteiger partial charge < -0.3 is 19.3 Å². The van der Waals surface area contributed by atoms with E-state index in [1.54, 1.807) is 32.4 Å². The van der Waals surface area contributed by atoms with Crippen LogP contribution in [0, 0.1) is 0 Å². The molecule has 0 heterocycles. The van der Waals surface area contributed by atoms with Crippen molar-refractivity contribution < 1.29 is 19.3 Å². The quantitative estimate of drug-likeness (QED) is 0.800. The van der Waals surface area contributed by atoms with E-state index in [0.717, 1.165) is 0 Å². The average Bonchev–Trinajstić information content (AvgIpc) is 2.35. The molecule has 0 saturated carbocycles. The highest BCUT2D eigenvalue weighted by molar-refractivity contribution is 5.39. The number of hydrogen-bond acceptors (Lipinski definition) is 4. The van der Waals surface area contributed by atoms with E-state index >= 15 is 0 Å². The van der Waals surface area contributed by atoms with Gasteiger partial charge in [-0.15, -0.1) is 0 Å². The highest BCUT2D eigenvalue weighted by Crippen LogP contribution is 2.24. The van der Waals surface area contributed by atoms with Crippen LogP contribution in [0.5, 0.6) is 11.5 Å². The van der Waals surface area contributed by atoms with Crippen molar-refractivity contribution in [2.75, 3.05) is 20.8 Å². The Hall–Kier alpha value is -1.26. The van der Waals surface area contributed by atoms with Gasteiger partial charge in [0, 0.05) is 12.7 Å².